The van der Waals surface area contributed by atoms with E-state index in [2.05, 4.69) is 29.7 Å². The van der Waals surface area contributed by atoms with E-state index in [4.69, 9.17) is 0 Å². The molecule has 0 aromatic carbocycles. The number of allylic oxidation sites excluding steroid dienone is 2. The number of amides is 1. The Morgan fingerprint density at radius 3 is 2.79 bits per heavy atom. The molecule has 3 heteroatoms. The SMILES string of the molecule is CCCC1(C(=O)NCC2CC=CCC2)CCNCC1. The molecule has 2 N–H and O–H groups in total. The summed E-state index contributed by atoms with van der Waals surface area (Å²) in [5.41, 5.74) is -0.0928. The fraction of sp³-hybridized carbons (Fsp3) is 0.812. The lowest BCUT2D eigenvalue weighted by Gasteiger charge is -2.36. The highest BCUT2D eigenvalue weighted by molar-refractivity contribution is 5.82. The highest BCUT2D eigenvalue weighted by Crippen LogP contribution is 2.34. The highest BCUT2D eigenvalue weighted by Gasteiger charge is 2.38. The van der Waals surface area contributed by atoms with Gasteiger partial charge in [-0.1, -0.05) is 25.5 Å². The van der Waals surface area contributed by atoms with Gasteiger partial charge in [0.25, 0.3) is 0 Å². The molecule has 0 saturated carbocycles. The van der Waals surface area contributed by atoms with Crippen molar-refractivity contribution in [3.63, 3.8) is 0 Å². The van der Waals surface area contributed by atoms with E-state index in [1.165, 1.54) is 12.8 Å². The van der Waals surface area contributed by atoms with Crippen LogP contribution in [0, 0.1) is 11.3 Å². The molecule has 2 rings (SSSR count). The first-order chi connectivity index (χ1) is 9.27. The van der Waals surface area contributed by atoms with Crippen molar-refractivity contribution in [2.75, 3.05) is 19.6 Å². The number of rotatable bonds is 5. The molecular weight excluding hydrogens is 236 g/mol. The van der Waals surface area contributed by atoms with Crippen LogP contribution >= 0.6 is 0 Å². The summed E-state index contributed by atoms with van der Waals surface area (Å²) in [6.45, 7) is 5.02. The first-order valence-electron chi connectivity index (χ1n) is 7.91. The van der Waals surface area contributed by atoms with Gasteiger partial charge in [0.2, 0.25) is 5.91 Å². The molecule has 0 radical (unpaired) electrons. The first kappa shape index (κ1) is 14.6. The minimum Gasteiger partial charge on any atom is -0.355 e. The third-order valence-corrected chi connectivity index (χ3v) is 4.70. The second kappa shape index (κ2) is 7.09. The summed E-state index contributed by atoms with van der Waals surface area (Å²) in [5.74, 6) is 0.958. The maximum Gasteiger partial charge on any atom is 0.226 e. The third-order valence-electron chi connectivity index (χ3n) is 4.70. The van der Waals surface area contributed by atoms with Crippen LogP contribution in [0.25, 0.3) is 0 Å². The average Bonchev–Trinajstić information content (AvgIpc) is 2.47. The molecule has 1 aliphatic carbocycles. The summed E-state index contributed by atoms with van der Waals surface area (Å²) >= 11 is 0. The molecular formula is C16H28N2O. The number of hydrogen-bond donors (Lipinski definition) is 2. The van der Waals surface area contributed by atoms with Crippen molar-refractivity contribution >= 4 is 5.91 Å². The Morgan fingerprint density at radius 2 is 2.16 bits per heavy atom. The van der Waals surface area contributed by atoms with Crippen molar-refractivity contribution in [3.8, 4) is 0 Å². The van der Waals surface area contributed by atoms with Crippen molar-refractivity contribution in [1.29, 1.82) is 0 Å². The molecule has 1 atom stereocenters. The molecule has 1 unspecified atom stereocenters. The number of nitrogens with one attached hydrogen (secondary N) is 2. The van der Waals surface area contributed by atoms with Crippen LogP contribution in [0.5, 0.6) is 0 Å². The van der Waals surface area contributed by atoms with E-state index in [1.807, 2.05) is 0 Å². The van der Waals surface area contributed by atoms with E-state index in [1.54, 1.807) is 0 Å². The first-order valence-corrected chi connectivity index (χ1v) is 7.91. The minimum absolute atomic E-state index is 0.0928. The fourth-order valence-electron chi connectivity index (χ4n) is 3.44. The average molecular weight is 264 g/mol. The Hall–Kier alpha value is -0.830. The maximum atomic E-state index is 12.6. The summed E-state index contributed by atoms with van der Waals surface area (Å²) in [6.07, 6.45) is 12.2. The van der Waals surface area contributed by atoms with Gasteiger partial charge in [-0.15, -0.1) is 0 Å². The zero-order chi connectivity index (χ0) is 13.6. The minimum atomic E-state index is -0.0928. The molecule has 1 heterocycles. The number of hydrogen-bond acceptors (Lipinski definition) is 2. The van der Waals surface area contributed by atoms with Crippen molar-refractivity contribution in [3.05, 3.63) is 12.2 Å². The quantitative estimate of drug-likeness (QED) is 0.750. The lowest BCUT2D eigenvalue weighted by atomic mass is 9.74. The van der Waals surface area contributed by atoms with Gasteiger partial charge in [-0.3, -0.25) is 4.79 Å². The lowest BCUT2D eigenvalue weighted by molar-refractivity contribution is -0.133. The van der Waals surface area contributed by atoms with Gasteiger partial charge < -0.3 is 10.6 Å². The van der Waals surface area contributed by atoms with Crippen LogP contribution in [0.3, 0.4) is 0 Å². The van der Waals surface area contributed by atoms with E-state index < -0.39 is 0 Å². The van der Waals surface area contributed by atoms with Crippen LogP contribution in [-0.2, 0) is 4.79 Å². The summed E-state index contributed by atoms with van der Waals surface area (Å²) in [7, 11) is 0. The van der Waals surface area contributed by atoms with Crippen LogP contribution in [0.4, 0.5) is 0 Å². The predicted molar refractivity (Wildman–Crippen MR) is 78.9 cm³/mol. The molecule has 0 bridgehead atoms. The Labute approximate surface area is 117 Å². The molecule has 0 aromatic rings. The van der Waals surface area contributed by atoms with E-state index in [0.29, 0.717) is 11.8 Å². The van der Waals surface area contributed by atoms with Crippen LogP contribution in [0.2, 0.25) is 0 Å². The summed E-state index contributed by atoms with van der Waals surface area (Å²) in [6, 6.07) is 0. The fourth-order valence-corrected chi connectivity index (χ4v) is 3.44. The van der Waals surface area contributed by atoms with Gasteiger partial charge in [0.05, 0.1) is 5.41 Å². The zero-order valence-electron chi connectivity index (χ0n) is 12.2. The Balaban J connectivity index is 1.86. The molecule has 108 valence electrons. The van der Waals surface area contributed by atoms with Gasteiger partial charge in [0.15, 0.2) is 0 Å². The van der Waals surface area contributed by atoms with Crippen LogP contribution in [0.15, 0.2) is 12.2 Å². The summed E-state index contributed by atoms with van der Waals surface area (Å²) < 4.78 is 0. The Bertz CT molecular complexity index is 313. The molecule has 1 aliphatic heterocycles. The molecule has 1 fully saturated rings. The predicted octanol–water partition coefficient (Wildman–Crippen LogP) is 2.63. The molecule has 19 heavy (non-hydrogen) atoms. The van der Waals surface area contributed by atoms with Crippen LogP contribution in [-0.4, -0.2) is 25.5 Å². The normalized spacial score (nSPS) is 26.1. The molecule has 3 nitrogen and oxygen atoms in total. The maximum absolute atomic E-state index is 12.6. The van der Waals surface area contributed by atoms with Crippen molar-refractivity contribution < 1.29 is 4.79 Å². The van der Waals surface area contributed by atoms with Crippen molar-refractivity contribution in [1.82, 2.24) is 10.6 Å². The largest absolute Gasteiger partial charge is 0.355 e. The Kier molecular flexibility index (Phi) is 5.44. The standard InChI is InChI=1S/C16H28N2O/c1-2-8-16(9-11-17-12-10-16)15(19)18-13-14-6-4-3-5-7-14/h3-4,14,17H,2,5-13H2,1H3,(H,18,19). The van der Waals surface area contributed by atoms with E-state index >= 15 is 0 Å². The van der Waals surface area contributed by atoms with E-state index in [9.17, 15) is 4.79 Å². The lowest BCUT2D eigenvalue weighted by Crippen LogP contribution is -2.48. The molecule has 1 amide bonds. The van der Waals surface area contributed by atoms with Gasteiger partial charge in [0.1, 0.15) is 0 Å². The van der Waals surface area contributed by atoms with Crippen LogP contribution < -0.4 is 10.6 Å². The molecule has 0 aromatic heterocycles. The zero-order valence-corrected chi connectivity index (χ0v) is 12.2. The second-order valence-corrected chi connectivity index (χ2v) is 6.14. The third kappa shape index (κ3) is 3.82. The monoisotopic (exact) mass is 264 g/mol. The number of carbonyl (C=O) groups is 1. The van der Waals surface area contributed by atoms with E-state index in [0.717, 1.165) is 51.7 Å². The van der Waals surface area contributed by atoms with E-state index in [-0.39, 0.29) is 5.41 Å². The Morgan fingerprint density at radius 1 is 1.37 bits per heavy atom. The van der Waals surface area contributed by atoms with Gasteiger partial charge in [0, 0.05) is 6.54 Å². The summed E-state index contributed by atoms with van der Waals surface area (Å²) in [4.78, 5) is 12.6. The summed E-state index contributed by atoms with van der Waals surface area (Å²) in [5, 5.41) is 6.62. The van der Waals surface area contributed by atoms with Gasteiger partial charge in [-0.25, -0.2) is 0 Å². The molecule has 1 saturated heterocycles. The topological polar surface area (TPSA) is 41.1 Å². The van der Waals surface area contributed by atoms with Gasteiger partial charge >= 0.3 is 0 Å². The van der Waals surface area contributed by atoms with Crippen molar-refractivity contribution in [2.45, 2.75) is 51.9 Å². The van der Waals surface area contributed by atoms with Crippen LogP contribution in [0.1, 0.15) is 51.9 Å². The van der Waals surface area contributed by atoms with Gasteiger partial charge in [-0.2, -0.15) is 0 Å². The van der Waals surface area contributed by atoms with Gasteiger partial charge in [-0.05, 0) is 57.5 Å². The van der Waals surface area contributed by atoms with Crippen molar-refractivity contribution in [2.24, 2.45) is 11.3 Å². The number of carbonyl (C=O) groups excluding carboxylic acids is 1. The second-order valence-electron chi connectivity index (χ2n) is 6.14. The smallest absolute Gasteiger partial charge is 0.226 e. The molecule has 2 aliphatic rings. The number of piperidine rings is 1. The highest BCUT2D eigenvalue weighted by atomic mass is 16.2. The molecule has 0 spiro atoms.